The molecule has 2 rings (SSSR count). The average molecular weight is 340 g/mol. The van der Waals surface area contributed by atoms with Gasteiger partial charge in [0.2, 0.25) is 0 Å². The molecule has 0 aromatic heterocycles. The minimum atomic E-state index is -1.54. The summed E-state index contributed by atoms with van der Waals surface area (Å²) < 4.78 is 15.5. The van der Waals surface area contributed by atoms with Crippen LogP contribution in [0.25, 0.3) is 0 Å². The molecule has 0 spiro atoms. The lowest BCUT2D eigenvalue weighted by Crippen LogP contribution is -2.62. The predicted molar refractivity (Wildman–Crippen MR) is 72.1 cm³/mol. The van der Waals surface area contributed by atoms with Crippen molar-refractivity contribution in [2.24, 2.45) is 0 Å². The first kappa shape index (κ1) is 18.9. The van der Waals surface area contributed by atoms with Crippen molar-refractivity contribution < 1.29 is 50.0 Å². The van der Waals surface area contributed by atoms with Crippen LogP contribution in [-0.4, -0.2) is 111 Å². The van der Waals surface area contributed by atoms with Gasteiger partial charge in [-0.05, 0) is 0 Å². The molecule has 0 aromatic rings. The molecule has 0 aromatic carbocycles. The third kappa shape index (κ3) is 3.66. The largest absolute Gasteiger partial charge is 0.394 e. The van der Waals surface area contributed by atoms with Gasteiger partial charge in [0, 0.05) is 13.5 Å². The SMILES string of the molecule is CO[C@H]1O[C@H](C[C@@H]2O[C@H](CO)[C@H](O)[C@H](O)[C@H]2O)[C@@H](O)[C@H](O)[C@H]1O. The first-order valence-corrected chi connectivity index (χ1v) is 7.34. The van der Waals surface area contributed by atoms with E-state index in [0.29, 0.717) is 0 Å². The van der Waals surface area contributed by atoms with Gasteiger partial charge >= 0.3 is 0 Å². The van der Waals surface area contributed by atoms with E-state index in [1.807, 2.05) is 0 Å². The highest BCUT2D eigenvalue weighted by molar-refractivity contribution is 4.96. The van der Waals surface area contributed by atoms with Crippen LogP contribution in [0.5, 0.6) is 0 Å². The van der Waals surface area contributed by atoms with Gasteiger partial charge < -0.3 is 50.0 Å². The van der Waals surface area contributed by atoms with Crippen molar-refractivity contribution >= 4 is 0 Å². The summed E-state index contributed by atoms with van der Waals surface area (Å²) in [6, 6.07) is 0. The second kappa shape index (κ2) is 7.66. The molecule has 10 heteroatoms. The highest BCUT2D eigenvalue weighted by Gasteiger charge is 2.48. The standard InChI is InChI=1S/C13H24O10/c1-21-13-12(20)11(19)8(16)5(23-13)2-4-7(15)10(18)9(17)6(3-14)22-4/h4-20H,2-3H2,1H3/t4-,5+,6+,7-,8+,9-,10+,11-,12+,13-/m0/s1. The fourth-order valence-electron chi connectivity index (χ4n) is 2.91. The number of aliphatic hydroxyl groups is 7. The van der Waals surface area contributed by atoms with Crippen molar-refractivity contribution in [3.8, 4) is 0 Å². The zero-order valence-corrected chi connectivity index (χ0v) is 12.5. The van der Waals surface area contributed by atoms with Crippen molar-refractivity contribution in [1.82, 2.24) is 0 Å². The summed E-state index contributed by atoms with van der Waals surface area (Å²) in [5.41, 5.74) is 0. The molecule has 2 heterocycles. The molecule has 10 nitrogen and oxygen atoms in total. The Morgan fingerprint density at radius 1 is 0.696 bits per heavy atom. The maximum atomic E-state index is 9.99. The van der Waals surface area contributed by atoms with E-state index >= 15 is 0 Å². The fourth-order valence-corrected chi connectivity index (χ4v) is 2.91. The van der Waals surface area contributed by atoms with E-state index in [4.69, 9.17) is 19.3 Å². The van der Waals surface area contributed by atoms with E-state index < -0.39 is 67.8 Å². The smallest absolute Gasteiger partial charge is 0.186 e. The quantitative estimate of drug-likeness (QED) is 0.265. The van der Waals surface area contributed by atoms with E-state index in [1.165, 1.54) is 7.11 Å². The van der Waals surface area contributed by atoms with Crippen LogP contribution in [0.3, 0.4) is 0 Å². The van der Waals surface area contributed by atoms with Crippen molar-refractivity contribution in [2.75, 3.05) is 13.7 Å². The number of hydrogen-bond acceptors (Lipinski definition) is 10. The van der Waals surface area contributed by atoms with Gasteiger partial charge in [-0.25, -0.2) is 0 Å². The Labute approximate surface area is 132 Å². The van der Waals surface area contributed by atoms with Crippen molar-refractivity contribution in [3.63, 3.8) is 0 Å². The van der Waals surface area contributed by atoms with E-state index in [-0.39, 0.29) is 6.42 Å². The van der Waals surface area contributed by atoms with Crippen LogP contribution < -0.4 is 0 Å². The number of aliphatic hydroxyl groups excluding tert-OH is 7. The normalized spacial score (nSPS) is 51.7. The van der Waals surface area contributed by atoms with Crippen LogP contribution in [0.4, 0.5) is 0 Å². The number of ether oxygens (including phenoxy) is 3. The van der Waals surface area contributed by atoms with Gasteiger partial charge in [-0.3, -0.25) is 0 Å². The molecule has 10 atom stereocenters. The van der Waals surface area contributed by atoms with E-state index in [2.05, 4.69) is 0 Å². The second-order valence-electron chi connectivity index (χ2n) is 5.85. The Hall–Kier alpha value is -0.400. The topological polar surface area (TPSA) is 169 Å². The highest BCUT2D eigenvalue weighted by Crippen LogP contribution is 2.29. The Kier molecular flexibility index (Phi) is 6.30. The number of hydrogen-bond donors (Lipinski definition) is 7. The molecule has 0 radical (unpaired) electrons. The van der Waals surface area contributed by atoms with Gasteiger partial charge in [-0.15, -0.1) is 0 Å². The van der Waals surface area contributed by atoms with E-state index in [1.54, 1.807) is 0 Å². The Balaban J connectivity index is 2.07. The summed E-state index contributed by atoms with van der Waals surface area (Å²) in [6.45, 7) is -0.572. The maximum absolute atomic E-state index is 9.99. The van der Waals surface area contributed by atoms with Gasteiger partial charge in [0.15, 0.2) is 6.29 Å². The molecule has 2 fully saturated rings. The lowest BCUT2D eigenvalue weighted by atomic mass is 9.88. The second-order valence-corrected chi connectivity index (χ2v) is 5.85. The Morgan fingerprint density at radius 3 is 1.70 bits per heavy atom. The fraction of sp³-hybridized carbons (Fsp3) is 1.00. The molecule has 2 aliphatic heterocycles. The minimum absolute atomic E-state index is 0.160. The molecule has 136 valence electrons. The third-order valence-corrected chi connectivity index (χ3v) is 4.36. The molecular weight excluding hydrogens is 316 g/mol. The average Bonchev–Trinajstić information content (AvgIpc) is 2.55. The molecule has 2 aliphatic rings. The third-order valence-electron chi connectivity index (χ3n) is 4.36. The lowest BCUT2D eigenvalue weighted by molar-refractivity contribution is -0.302. The Morgan fingerprint density at radius 2 is 1.17 bits per heavy atom. The maximum Gasteiger partial charge on any atom is 0.186 e. The molecule has 0 amide bonds. The van der Waals surface area contributed by atoms with Gasteiger partial charge in [0.25, 0.3) is 0 Å². The Bertz CT molecular complexity index is 344. The zero-order valence-electron chi connectivity index (χ0n) is 12.5. The molecule has 0 bridgehead atoms. The summed E-state index contributed by atoms with van der Waals surface area (Å²) in [6.07, 6.45) is -13.5. The highest BCUT2D eigenvalue weighted by atomic mass is 16.7. The number of methoxy groups -OCH3 is 1. The molecule has 0 unspecified atom stereocenters. The van der Waals surface area contributed by atoms with Crippen LogP contribution in [0.15, 0.2) is 0 Å². The predicted octanol–water partition coefficient (Wildman–Crippen LogP) is -4.33. The molecule has 7 N–H and O–H groups in total. The number of rotatable bonds is 4. The van der Waals surface area contributed by atoms with Crippen LogP contribution >= 0.6 is 0 Å². The summed E-state index contributed by atoms with van der Waals surface area (Å²) in [5.74, 6) is 0. The van der Waals surface area contributed by atoms with Gasteiger partial charge in [0.05, 0.1) is 18.8 Å². The lowest BCUT2D eigenvalue weighted by Gasteiger charge is -2.44. The van der Waals surface area contributed by atoms with Crippen molar-refractivity contribution in [1.29, 1.82) is 0 Å². The molecule has 23 heavy (non-hydrogen) atoms. The van der Waals surface area contributed by atoms with Gasteiger partial charge in [0.1, 0.15) is 42.7 Å². The molecule has 0 aliphatic carbocycles. The minimum Gasteiger partial charge on any atom is -0.394 e. The van der Waals surface area contributed by atoms with Crippen LogP contribution in [-0.2, 0) is 14.2 Å². The first-order chi connectivity index (χ1) is 10.8. The van der Waals surface area contributed by atoms with Crippen molar-refractivity contribution in [2.45, 2.75) is 67.6 Å². The van der Waals surface area contributed by atoms with Crippen LogP contribution in [0.2, 0.25) is 0 Å². The summed E-state index contributed by atoms with van der Waals surface area (Å²) in [7, 11) is 1.25. The monoisotopic (exact) mass is 340 g/mol. The zero-order chi connectivity index (χ0) is 17.3. The van der Waals surface area contributed by atoms with Crippen LogP contribution in [0.1, 0.15) is 6.42 Å². The summed E-state index contributed by atoms with van der Waals surface area (Å²) >= 11 is 0. The van der Waals surface area contributed by atoms with Crippen LogP contribution in [0, 0.1) is 0 Å². The summed E-state index contributed by atoms with van der Waals surface area (Å²) in [4.78, 5) is 0. The van der Waals surface area contributed by atoms with Crippen molar-refractivity contribution in [3.05, 3.63) is 0 Å². The molecule has 2 saturated heterocycles. The van der Waals surface area contributed by atoms with E-state index in [9.17, 15) is 30.6 Å². The molecular formula is C13H24O10. The van der Waals surface area contributed by atoms with E-state index in [0.717, 1.165) is 0 Å². The molecule has 0 saturated carbocycles. The summed E-state index contributed by atoms with van der Waals surface area (Å²) in [5, 5.41) is 68.1. The van der Waals surface area contributed by atoms with Gasteiger partial charge in [-0.2, -0.15) is 0 Å². The first-order valence-electron chi connectivity index (χ1n) is 7.34. The van der Waals surface area contributed by atoms with Gasteiger partial charge in [-0.1, -0.05) is 0 Å².